The number of halogens is 1. The number of likely N-dealkylation sites (tertiary alicyclic amines) is 1. The maximum absolute atomic E-state index is 3.43. The Morgan fingerprint density at radius 2 is 1.86 bits per heavy atom. The van der Waals surface area contributed by atoms with Gasteiger partial charge in [-0.1, -0.05) is 0 Å². The zero-order valence-corrected chi connectivity index (χ0v) is 9.99. The van der Waals surface area contributed by atoms with Crippen molar-refractivity contribution < 1.29 is 0 Å². The average molecular weight is 220 g/mol. The molecule has 2 aliphatic rings. The molecule has 2 saturated heterocycles. The van der Waals surface area contributed by atoms with E-state index >= 15 is 0 Å². The minimum atomic E-state index is 0. The third-order valence-corrected chi connectivity index (χ3v) is 3.78. The number of nitrogens with one attached hydrogen (secondary N) is 2. The second kappa shape index (κ2) is 4.79. The summed E-state index contributed by atoms with van der Waals surface area (Å²) >= 11 is 0. The van der Waals surface area contributed by atoms with Gasteiger partial charge in [0.2, 0.25) is 0 Å². The summed E-state index contributed by atoms with van der Waals surface area (Å²) in [7, 11) is 2.08. The van der Waals surface area contributed by atoms with E-state index in [0.29, 0.717) is 5.54 Å². The van der Waals surface area contributed by atoms with Crippen molar-refractivity contribution in [2.24, 2.45) is 0 Å². The van der Waals surface area contributed by atoms with E-state index in [4.69, 9.17) is 0 Å². The Morgan fingerprint density at radius 1 is 1.29 bits per heavy atom. The number of rotatable bonds is 2. The van der Waals surface area contributed by atoms with Crippen LogP contribution in [0.15, 0.2) is 0 Å². The maximum Gasteiger partial charge on any atom is 0.0345 e. The molecule has 14 heavy (non-hydrogen) atoms. The Kier molecular flexibility index (Phi) is 4.19. The lowest BCUT2D eigenvalue weighted by Crippen LogP contribution is -2.61. The molecule has 2 heterocycles. The van der Waals surface area contributed by atoms with Crippen LogP contribution in [0.1, 0.15) is 19.8 Å². The van der Waals surface area contributed by atoms with Crippen LogP contribution in [-0.4, -0.2) is 49.7 Å². The van der Waals surface area contributed by atoms with Crippen LogP contribution in [0.2, 0.25) is 0 Å². The van der Waals surface area contributed by atoms with Crippen LogP contribution in [0.3, 0.4) is 0 Å². The van der Waals surface area contributed by atoms with Crippen LogP contribution in [-0.2, 0) is 0 Å². The molecule has 0 amide bonds. The number of nitrogens with zero attached hydrogens (tertiary/aromatic N) is 1. The summed E-state index contributed by atoms with van der Waals surface area (Å²) in [4.78, 5) is 2.63. The fourth-order valence-corrected chi connectivity index (χ4v) is 2.16. The quantitative estimate of drug-likeness (QED) is 0.707. The summed E-state index contributed by atoms with van der Waals surface area (Å²) in [5.41, 5.74) is 0.397. The van der Waals surface area contributed by atoms with Gasteiger partial charge in [-0.25, -0.2) is 0 Å². The van der Waals surface area contributed by atoms with E-state index in [9.17, 15) is 0 Å². The number of hydrogen-bond donors (Lipinski definition) is 2. The van der Waals surface area contributed by atoms with E-state index < -0.39 is 0 Å². The third kappa shape index (κ3) is 2.40. The Hall–Kier alpha value is 0.170. The van der Waals surface area contributed by atoms with Crippen molar-refractivity contribution in [2.45, 2.75) is 31.3 Å². The molecule has 2 rings (SSSR count). The van der Waals surface area contributed by atoms with Crippen LogP contribution < -0.4 is 10.6 Å². The summed E-state index contributed by atoms with van der Waals surface area (Å²) < 4.78 is 0. The molecular weight excluding hydrogens is 198 g/mol. The van der Waals surface area contributed by atoms with Crippen LogP contribution in [0, 0.1) is 0 Å². The average Bonchev–Trinajstić information content (AvgIpc) is 2.06. The zero-order valence-electron chi connectivity index (χ0n) is 9.18. The lowest BCUT2D eigenvalue weighted by Gasteiger charge is -2.45. The molecule has 3 nitrogen and oxygen atoms in total. The lowest BCUT2D eigenvalue weighted by atomic mass is 9.88. The minimum Gasteiger partial charge on any atom is -0.314 e. The highest BCUT2D eigenvalue weighted by Crippen LogP contribution is 2.23. The molecule has 2 N–H and O–H groups in total. The predicted octanol–water partition coefficient (Wildman–Crippen LogP) is 0.454. The van der Waals surface area contributed by atoms with Crippen LogP contribution in [0.4, 0.5) is 0 Å². The molecule has 0 atom stereocenters. The fraction of sp³-hybridized carbons (Fsp3) is 1.00. The highest BCUT2D eigenvalue weighted by Gasteiger charge is 2.33. The van der Waals surface area contributed by atoms with E-state index in [-0.39, 0.29) is 12.4 Å². The molecule has 0 unspecified atom stereocenters. The summed E-state index contributed by atoms with van der Waals surface area (Å²) in [6.07, 6.45) is 2.58. The maximum atomic E-state index is 3.43. The van der Waals surface area contributed by atoms with Gasteiger partial charge in [0.1, 0.15) is 0 Å². The molecule has 0 aromatic carbocycles. The van der Waals surface area contributed by atoms with Gasteiger partial charge >= 0.3 is 0 Å². The largest absolute Gasteiger partial charge is 0.314 e. The molecule has 0 aromatic rings. The van der Waals surface area contributed by atoms with Gasteiger partial charge in [0.15, 0.2) is 0 Å². The highest BCUT2D eigenvalue weighted by molar-refractivity contribution is 5.85. The van der Waals surface area contributed by atoms with Gasteiger partial charge in [-0.2, -0.15) is 0 Å². The molecule has 0 bridgehead atoms. The third-order valence-electron chi connectivity index (χ3n) is 3.78. The van der Waals surface area contributed by atoms with E-state index in [1.807, 2.05) is 0 Å². The van der Waals surface area contributed by atoms with E-state index in [1.54, 1.807) is 0 Å². The Balaban J connectivity index is 0.000000980. The standard InChI is InChI=1S/C10H21N3.ClH/c1-10(11-2)3-5-13(6-4-10)9-7-12-8-9;/h9,11-12H,3-8H2,1-2H3;1H. The SMILES string of the molecule is CNC1(C)CCN(C2CNC2)CC1.Cl. The Labute approximate surface area is 93.0 Å². The summed E-state index contributed by atoms with van der Waals surface area (Å²) in [6.45, 7) is 7.28. The molecule has 4 heteroatoms. The van der Waals surface area contributed by atoms with Crippen LogP contribution in [0.25, 0.3) is 0 Å². The monoisotopic (exact) mass is 219 g/mol. The first-order valence-electron chi connectivity index (χ1n) is 5.37. The molecule has 2 aliphatic heterocycles. The van der Waals surface area contributed by atoms with Gasteiger partial charge in [0.25, 0.3) is 0 Å². The highest BCUT2D eigenvalue weighted by atomic mass is 35.5. The van der Waals surface area contributed by atoms with Crippen molar-refractivity contribution in [3.8, 4) is 0 Å². The predicted molar refractivity (Wildman–Crippen MR) is 62.2 cm³/mol. The van der Waals surface area contributed by atoms with E-state index in [0.717, 1.165) is 6.04 Å². The van der Waals surface area contributed by atoms with Crippen molar-refractivity contribution >= 4 is 12.4 Å². The molecular formula is C10H22ClN3. The van der Waals surface area contributed by atoms with Crippen molar-refractivity contribution in [3.05, 3.63) is 0 Å². The smallest absolute Gasteiger partial charge is 0.0345 e. The van der Waals surface area contributed by atoms with Crippen molar-refractivity contribution in [1.29, 1.82) is 0 Å². The lowest BCUT2D eigenvalue weighted by molar-refractivity contribution is 0.0830. The number of piperidine rings is 1. The topological polar surface area (TPSA) is 27.3 Å². The molecule has 84 valence electrons. The Morgan fingerprint density at radius 3 is 2.21 bits per heavy atom. The first kappa shape index (κ1) is 12.2. The Bertz CT molecular complexity index is 174. The van der Waals surface area contributed by atoms with Gasteiger partial charge < -0.3 is 10.6 Å². The van der Waals surface area contributed by atoms with Crippen LogP contribution >= 0.6 is 12.4 Å². The van der Waals surface area contributed by atoms with Crippen molar-refractivity contribution in [1.82, 2.24) is 15.5 Å². The molecule has 0 saturated carbocycles. The van der Waals surface area contributed by atoms with Gasteiger partial charge in [0.05, 0.1) is 0 Å². The van der Waals surface area contributed by atoms with Crippen LogP contribution in [0.5, 0.6) is 0 Å². The second-order valence-corrected chi connectivity index (χ2v) is 4.66. The van der Waals surface area contributed by atoms with Crippen molar-refractivity contribution in [2.75, 3.05) is 33.2 Å². The van der Waals surface area contributed by atoms with Gasteiger partial charge in [-0.15, -0.1) is 12.4 Å². The van der Waals surface area contributed by atoms with Gasteiger partial charge in [-0.05, 0) is 26.8 Å². The first-order valence-corrected chi connectivity index (χ1v) is 5.37. The summed E-state index contributed by atoms with van der Waals surface area (Å²) in [5, 5.41) is 6.77. The van der Waals surface area contributed by atoms with Gasteiger partial charge in [0, 0.05) is 37.8 Å². The summed E-state index contributed by atoms with van der Waals surface area (Å²) in [5.74, 6) is 0. The second-order valence-electron chi connectivity index (χ2n) is 4.66. The van der Waals surface area contributed by atoms with E-state index in [1.165, 1.54) is 39.0 Å². The van der Waals surface area contributed by atoms with Gasteiger partial charge in [-0.3, -0.25) is 4.90 Å². The number of hydrogen-bond acceptors (Lipinski definition) is 3. The normalized spacial score (nSPS) is 27.9. The molecule has 0 spiro atoms. The molecule has 0 aromatic heterocycles. The molecule has 0 aliphatic carbocycles. The minimum absolute atomic E-state index is 0. The first-order chi connectivity index (χ1) is 6.23. The van der Waals surface area contributed by atoms with Crippen molar-refractivity contribution in [3.63, 3.8) is 0 Å². The summed E-state index contributed by atoms with van der Waals surface area (Å²) in [6, 6.07) is 0.835. The van der Waals surface area contributed by atoms with E-state index in [2.05, 4.69) is 29.5 Å². The molecule has 0 radical (unpaired) electrons. The molecule has 2 fully saturated rings. The fourth-order valence-electron chi connectivity index (χ4n) is 2.16. The zero-order chi connectivity index (χ0) is 9.31.